The van der Waals surface area contributed by atoms with Crippen LogP contribution in [0.5, 0.6) is 0 Å². The van der Waals surface area contributed by atoms with E-state index in [1.54, 1.807) is 32.4 Å². The molecular weight excluding hydrogens is 644 g/mol. The maximum absolute atomic E-state index is 13.7. The van der Waals surface area contributed by atoms with Crippen LogP contribution in [0.3, 0.4) is 0 Å². The number of rotatable bonds is 19. The minimum absolute atomic E-state index is 0.0113. The first-order valence-electron chi connectivity index (χ1n) is 17.6. The summed E-state index contributed by atoms with van der Waals surface area (Å²) in [5.74, 6) is -2.58. The molecule has 8 N–H and O–H groups in total. The lowest BCUT2D eigenvalue weighted by molar-refractivity contribution is -0.133. The summed E-state index contributed by atoms with van der Waals surface area (Å²) in [5, 5.41) is 29.3. The first-order chi connectivity index (χ1) is 23.0. The molecule has 286 valence electrons. The lowest BCUT2D eigenvalue weighted by Crippen LogP contribution is -2.59. The number of hydrogen-bond donors (Lipinski definition) is 7. The molecule has 0 saturated carbocycles. The molecule has 15 heteroatoms. The van der Waals surface area contributed by atoms with Gasteiger partial charge in [0.2, 0.25) is 23.6 Å². The highest BCUT2D eigenvalue weighted by Crippen LogP contribution is 2.17. The van der Waals surface area contributed by atoms with E-state index in [2.05, 4.69) is 31.7 Å². The highest BCUT2D eigenvalue weighted by molar-refractivity contribution is 5.90. The zero-order chi connectivity index (χ0) is 38.5. The average molecular weight is 709 g/mol. The third kappa shape index (κ3) is 16.3. The highest BCUT2D eigenvalue weighted by atomic mass is 16.6. The van der Waals surface area contributed by atoms with Gasteiger partial charge >= 0.3 is 6.09 Å². The number of nitrogens with one attached hydrogen (secondary N) is 5. The minimum atomic E-state index is -1.28. The molecule has 1 aromatic rings. The number of hydrogen-bond acceptors (Lipinski definition) is 9. The van der Waals surface area contributed by atoms with Gasteiger partial charge in [-0.1, -0.05) is 48.5 Å². The van der Waals surface area contributed by atoms with Gasteiger partial charge in [0, 0.05) is 18.2 Å². The third-order valence-corrected chi connectivity index (χ3v) is 7.78. The van der Waals surface area contributed by atoms with Crippen LogP contribution in [0.25, 0.3) is 0 Å². The normalized spacial score (nSPS) is 15.5. The molecule has 0 radical (unpaired) electrons. The van der Waals surface area contributed by atoms with Crippen molar-refractivity contribution in [1.29, 1.82) is 0 Å². The van der Waals surface area contributed by atoms with E-state index in [-0.39, 0.29) is 43.2 Å². The number of nitrogens with two attached hydrogens (primary N) is 1. The number of carbonyl (C=O) groups excluding carboxylic acids is 5. The van der Waals surface area contributed by atoms with E-state index >= 15 is 0 Å². The fourth-order valence-electron chi connectivity index (χ4n) is 5.10. The van der Waals surface area contributed by atoms with Crippen LogP contribution < -0.4 is 32.3 Å². The molecule has 6 unspecified atom stereocenters. The summed E-state index contributed by atoms with van der Waals surface area (Å²) >= 11 is 0. The van der Waals surface area contributed by atoms with Crippen molar-refractivity contribution in [3.05, 3.63) is 17.5 Å². The SMILES string of the molecule is Cc1cc(C)n(CC(N)C(=O)NC(CNC(=O)OC(C)(C)C)C(=O)NC(CC(C)C)C(O)CC(C)C(=O)NC(C(=O)NCC(C)C)C(C)C)n1. The van der Waals surface area contributed by atoms with Gasteiger partial charge < -0.3 is 42.2 Å². The van der Waals surface area contributed by atoms with Gasteiger partial charge in [0.1, 0.15) is 23.7 Å². The van der Waals surface area contributed by atoms with Gasteiger partial charge in [-0.3, -0.25) is 23.9 Å². The Hall–Kier alpha value is -3.72. The maximum Gasteiger partial charge on any atom is 0.407 e. The van der Waals surface area contributed by atoms with E-state index in [0.717, 1.165) is 11.4 Å². The van der Waals surface area contributed by atoms with E-state index < -0.39 is 65.6 Å². The second kappa shape index (κ2) is 20.2. The monoisotopic (exact) mass is 708 g/mol. The van der Waals surface area contributed by atoms with Crippen LogP contribution in [0.2, 0.25) is 0 Å². The van der Waals surface area contributed by atoms with E-state index in [0.29, 0.717) is 13.0 Å². The molecule has 0 bridgehead atoms. The van der Waals surface area contributed by atoms with Gasteiger partial charge in [-0.2, -0.15) is 5.10 Å². The zero-order valence-electron chi connectivity index (χ0n) is 32.2. The van der Waals surface area contributed by atoms with Gasteiger partial charge in [0.15, 0.2) is 0 Å². The van der Waals surface area contributed by atoms with Crippen molar-refractivity contribution in [3.8, 4) is 0 Å². The molecule has 1 aromatic heterocycles. The molecule has 15 nitrogen and oxygen atoms in total. The summed E-state index contributed by atoms with van der Waals surface area (Å²) in [6.45, 7) is 22.1. The topological polar surface area (TPSA) is 219 Å². The lowest BCUT2D eigenvalue weighted by Gasteiger charge is -2.30. The maximum atomic E-state index is 13.7. The smallest absolute Gasteiger partial charge is 0.407 e. The number of alkyl carbamates (subject to hydrolysis) is 1. The molecular formula is C35H64N8O7. The Kier molecular flexibility index (Phi) is 17.9. The van der Waals surface area contributed by atoms with E-state index in [1.165, 1.54) is 0 Å². The Balaban J connectivity index is 3.12. The number of aliphatic hydroxyl groups is 1. The molecule has 50 heavy (non-hydrogen) atoms. The van der Waals surface area contributed by atoms with Crippen molar-refractivity contribution in [2.24, 2.45) is 29.4 Å². The van der Waals surface area contributed by atoms with Crippen molar-refractivity contribution in [2.45, 2.75) is 138 Å². The predicted molar refractivity (Wildman–Crippen MR) is 192 cm³/mol. The fraction of sp³-hybridized carbons (Fsp3) is 0.771. The van der Waals surface area contributed by atoms with Crippen molar-refractivity contribution in [2.75, 3.05) is 13.1 Å². The molecule has 0 fully saturated rings. The second-order valence-electron chi connectivity index (χ2n) is 15.5. The average Bonchev–Trinajstić information content (AvgIpc) is 3.29. The molecule has 0 aliphatic rings. The number of ether oxygens (including phenoxy) is 1. The Labute approximate surface area is 298 Å². The molecule has 0 aliphatic carbocycles. The summed E-state index contributed by atoms with van der Waals surface area (Å²) in [7, 11) is 0. The molecule has 0 aliphatic heterocycles. The molecule has 6 atom stereocenters. The highest BCUT2D eigenvalue weighted by Gasteiger charge is 2.33. The van der Waals surface area contributed by atoms with Crippen molar-refractivity contribution in [3.63, 3.8) is 0 Å². The van der Waals surface area contributed by atoms with E-state index in [9.17, 15) is 29.1 Å². The van der Waals surface area contributed by atoms with Crippen LogP contribution in [0.15, 0.2) is 6.07 Å². The van der Waals surface area contributed by atoms with E-state index in [1.807, 2.05) is 61.5 Å². The number of aromatic nitrogens is 2. The molecule has 1 rings (SSSR count). The van der Waals surface area contributed by atoms with Crippen LogP contribution in [0.4, 0.5) is 4.79 Å². The number of aliphatic hydroxyl groups excluding tert-OH is 1. The lowest BCUT2D eigenvalue weighted by atomic mass is 9.91. The van der Waals surface area contributed by atoms with Crippen LogP contribution in [-0.4, -0.2) is 93.6 Å². The standard InChI is InChI=1S/C35H64N8O7/c1-19(2)13-26(28(44)14-22(7)30(45)41-29(21(5)6)33(48)37-16-20(3)4)39-32(47)27(17-38-34(49)50-35(10,11)12)40-31(46)25(36)18-43-24(9)15-23(8)42-43/h15,19-22,25-29,44H,13-14,16-18,36H2,1-12H3,(H,37,48)(H,38,49)(H,39,47)(H,40,46)(H,41,45). The molecule has 0 saturated heterocycles. The summed E-state index contributed by atoms with van der Waals surface area (Å²) in [6.07, 6.45) is -1.60. The molecule has 1 heterocycles. The Bertz CT molecular complexity index is 1270. The quantitative estimate of drug-likeness (QED) is 0.111. The first-order valence-corrected chi connectivity index (χ1v) is 17.6. The fourth-order valence-corrected chi connectivity index (χ4v) is 5.10. The molecule has 0 spiro atoms. The predicted octanol–water partition coefficient (Wildman–Crippen LogP) is 1.67. The Morgan fingerprint density at radius 2 is 1.46 bits per heavy atom. The van der Waals surface area contributed by atoms with Gasteiger partial charge in [0.05, 0.1) is 30.9 Å². The largest absolute Gasteiger partial charge is 0.444 e. The van der Waals surface area contributed by atoms with Crippen molar-refractivity contribution in [1.82, 2.24) is 36.4 Å². The van der Waals surface area contributed by atoms with Crippen LogP contribution in [0, 0.1) is 37.5 Å². The van der Waals surface area contributed by atoms with Crippen LogP contribution in [-0.2, 0) is 30.5 Å². The molecule has 5 amide bonds. The third-order valence-electron chi connectivity index (χ3n) is 7.78. The summed E-state index contributed by atoms with van der Waals surface area (Å²) in [5.41, 5.74) is 6.98. The second-order valence-corrected chi connectivity index (χ2v) is 15.5. The summed E-state index contributed by atoms with van der Waals surface area (Å²) in [6, 6.07) is -2.05. The van der Waals surface area contributed by atoms with Gasteiger partial charge in [0.25, 0.3) is 0 Å². The number of nitrogens with zero attached hydrogens (tertiary/aromatic N) is 2. The van der Waals surface area contributed by atoms with Gasteiger partial charge in [-0.25, -0.2) is 4.79 Å². The molecule has 0 aromatic carbocycles. The van der Waals surface area contributed by atoms with Gasteiger partial charge in [-0.05, 0) is 71.3 Å². The van der Waals surface area contributed by atoms with Crippen LogP contribution in [0.1, 0.15) is 93.5 Å². The van der Waals surface area contributed by atoms with Gasteiger partial charge in [-0.15, -0.1) is 0 Å². The number of carbonyl (C=O) groups is 5. The Morgan fingerprint density at radius 3 is 1.96 bits per heavy atom. The first kappa shape index (κ1) is 44.3. The zero-order valence-corrected chi connectivity index (χ0v) is 32.2. The summed E-state index contributed by atoms with van der Waals surface area (Å²) < 4.78 is 6.90. The van der Waals surface area contributed by atoms with Crippen LogP contribution >= 0.6 is 0 Å². The minimum Gasteiger partial charge on any atom is -0.444 e. The van der Waals surface area contributed by atoms with Crippen molar-refractivity contribution >= 4 is 29.7 Å². The summed E-state index contributed by atoms with van der Waals surface area (Å²) in [4.78, 5) is 65.4. The Morgan fingerprint density at radius 1 is 0.840 bits per heavy atom. The van der Waals surface area contributed by atoms with E-state index in [4.69, 9.17) is 10.5 Å². The number of amides is 5. The van der Waals surface area contributed by atoms with Crippen molar-refractivity contribution < 1.29 is 33.8 Å². The number of aryl methyl sites for hydroxylation is 2.